The number of methoxy groups -OCH3 is 2. The van der Waals surface area contributed by atoms with E-state index in [-0.39, 0.29) is 16.8 Å². The van der Waals surface area contributed by atoms with Crippen LogP contribution in [0.3, 0.4) is 0 Å². The maximum Gasteiger partial charge on any atom is 0.337 e. The highest BCUT2D eigenvalue weighted by molar-refractivity contribution is 6.13. The van der Waals surface area contributed by atoms with Gasteiger partial charge in [0, 0.05) is 29.4 Å². The molecule has 0 saturated heterocycles. The Labute approximate surface area is 201 Å². The minimum atomic E-state index is -0.647. The topological polar surface area (TPSA) is 112 Å². The number of fused-ring (bicyclic) bond motifs is 1. The molecule has 2 aromatic carbocycles. The lowest BCUT2D eigenvalue weighted by Gasteiger charge is -2.12. The molecule has 0 aliphatic rings. The molecule has 2 heterocycles. The second-order valence-electron chi connectivity index (χ2n) is 7.79. The number of aryl methyl sites for hydroxylation is 2. The van der Waals surface area contributed by atoms with Crippen LogP contribution in [0.25, 0.3) is 22.2 Å². The summed E-state index contributed by atoms with van der Waals surface area (Å²) in [5.74, 6) is -1.72. The number of aromatic nitrogens is 3. The number of hydrogen-bond acceptors (Lipinski definition) is 7. The smallest absolute Gasteiger partial charge is 0.337 e. The highest BCUT2D eigenvalue weighted by Gasteiger charge is 2.19. The number of esters is 2. The minimum Gasteiger partial charge on any atom is -0.465 e. The third-order valence-electron chi connectivity index (χ3n) is 5.54. The molecule has 0 bridgehead atoms. The number of para-hydroxylation sites is 1. The van der Waals surface area contributed by atoms with Crippen molar-refractivity contribution in [1.82, 2.24) is 14.8 Å². The van der Waals surface area contributed by atoms with Crippen molar-refractivity contribution in [1.29, 1.82) is 0 Å². The molecular weight excluding hydrogens is 448 g/mol. The average molecular weight is 473 g/mol. The molecule has 35 heavy (non-hydrogen) atoms. The SMILES string of the molecule is CCn1cc(-c2cc(C(=O)Nc3cc(C(=O)OC)cc(C(=O)OC)c3)c3ccccc3n2)c(C)n1. The number of nitrogens with one attached hydrogen (secondary N) is 1. The quantitative estimate of drug-likeness (QED) is 0.417. The number of carbonyl (C=O) groups excluding carboxylic acids is 3. The van der Waals surface area contributed by atoms with Gasteiger partial charge in [0.15, 0.2) is 0 Å². The molecule has 4 rings (SSSR count). The van der Waals surface area contributed by atoms with Crippen LogP contribution in [0.5, 0.6) is 0 Å². The first-order chi connectivity index (χ1) is 16.8. The van der Waals surface area contributed by atoms with E-state index in [4.69, 9.17) is 14.5 Å². The summed E-state index contributed by atoms with van der Waals surface area (Å²) in [6, 6.07) is 13.3. The Kier molecular flexibility index (Phi) is 6.59. The fourth-order valence-electron chi connectivity index (χ4n) is 3.80. The Morgan fingerprint density at radius 2 is 1.63 bits per heavy atom. The Hall–Kier alpha value is -4.53. The molecule has 1 N–H and O–H groups in total. The van der Waals surface area contributed by atoms with Crippen molar-refractivity contribution in [3.63, 3.8) is 0 Å². The van der Waals surface area contributed by atoms with Gasteiger partial charge in [0.1, 0.15) is 0 Å². The highest BCUT2D eigenvalue weighted by atomic mass is 16.5. The molecule has 178 valence electrons. The van der Waals surface area contributed by atoms with Gasteiger partial charge in [-0.1, -0.05) is 18.2 Å². The Morgan fingerprint density at radius 1 is 0.971 bits per heavy atom. The summed E-state index contributed by atoms with van der Waals surface area (Å²) in [6.45, 7) is 4.60. The predicted octanol–water partition coefficient (Wildman–Crippen LogP) is 4.25. The maximum absolute atomic E-state index is 13.5. The lowest BCUT2D eigenvalue weighted by Crippen LogP contribution is -2.15. The summed E-state index contributed by atoms with van der Waals surface area (Å²) < 4.78 is 11.4. The molecular formula is C26H24N4O5. The van der Waals surface area contributed by atoms with Gasteiger partial charge in [0.05, 0.1) is 47.8 Å². The van der Waals surface area contributed by atoms with Crippen LogP contribution in [0.2, 0.25) is 0 Å². The number of amides is 1. The molecule has 0 spiro atoms. The summed E-state index contributed by atoms with van der Waals surface area (Å²) in [6.07, 6.45) is 1.90. The minimum absolute atomic E-state index is 0.105. The molecule has 0 aliphatic heterocycles. The predicted molar refractivity (Wildman–Crippen MR) is 130 cm³/mol. The van der Waals surface area contributed by atoms with Gasteiger partial charge < -0.3 is 14.8 Å². The van der Waals surface area contributed by atoms with Crippen LogP contribution in [0, 0.1) is 6.92 Å². The van der Waals surface area contributed by atoms with Crippen molar-refractivity contribution in [2.75, 3.05) is 19.5 Å². The van der Waals surface area contributed by atoms with E-state index in [0.717, 1.165) is 11.3 Å². The first kappa shape index (κ1) is 23.6. The summed E-state index contributed by atoms with van der Waals surface area (Å²) in [7, 11) is 2.47. The van der Waals surface area contributed by atoms with E-state index in [1.165, 1.54) is 32.4 Å². The van der Waals surface area contributed by atoms with Gasteiger partial charge >= 0.3 is 11.9 Å². The van der Waals surface area contributed by atoms with E-state index in [0.29, 0.717) is 28.7 Å². The third kappa shape index (κ3) is 4.74. The number of pyridine rings is 1. The number of hydrogen-bond donors (Lipinski definition) is 1. The molecule has 0 radical (unpaired) electrons. The van der Waals surface area contributed by atoms with Gasteiger partial charge in [-0.2, -0.15) is 5.10 Å². The summed E-state index contributed by atoms with van der Waals surface area (Å²) >= 11 is 0. The second kappa shape index (κ2) is 9.76. The lowest BCUT2D eigenvalue weighted by atomic mass is 10.0. The number of benzene rings is 2. The van der Waals surface area contributed by atoms with Crippen molar-refractivity contribution >= 4 is 34.4 Å². The zero-order valence-corrected chi connectivity index (χ0v) is 19.8. The van der Waals surface area contributed by atoms with E-state index < -0.39 is 17.8 Å². The van der Waals surface area contributed by atoms with Crippen molar-refractivity contribution < 1.29 is 23.9 Å². The number of nitrogens with zero attached hydrogens (tertiary/aromatic N) is 3. The van der Waals surface area contributed by atoms with Crippen LogP contribution >= 0.6 is 0 Å². The first-order valence-corrected chi connectivity index (χ1v) is 10.9. The summed E-state index contributed by atoms with van der Waals surface area (Å²) in [4.78, 5) is 42.4. The van der Waals surface area contributed by atoms with Crippen LogP contribution in [0.15, 0.2) is 54.7 Å². The molecule has 0 atom stereocenters. The molecule has 0 unspecified atom stereocenters. The number of rotatable bonds is 6. The Bertz CT molecular complexity index is 1420. The van der Waals surface area contributed by atoms with Gasteiger partial charge in [-0.15, -0.1) is 0 Å². The second-order valence-corrected chi connectivity index (χ2v) is 7.79. The monoisotopic (exact) mass is 472 g/mol. The molecule has 0 aliphatic carbocycles. The van der Waals surface area contributed by atoms with Crippen molar-refractivity contribution in [3.8, 4) is 11.3 Å². The maximum atomic E-state index is 13.5. The fourth-order valence-corrected chi connectivity index (χ4v) is 3.80. The van der Waals surface area contributed by atoms with Crippen LogP contribution in [-0.2, 0) is 16.0 Å². The fraction of sp³-hybridized carbons (Fsp3) is 0.192. The van der Waals surface area contributed by atoms with E-state index >= 15 is 0 Å². The summed E-state index contributed by atoms with van der Waals surface area (Å²) in [5.41, 5.74) is 3.74. The van der Waals surface area contributed by atoms with Gasteiger partial charge in [0.2, 0.25) is 0 Å². The molecule has 0 fully saturated rings. The van der Waals surface area contributed by atoms with Crippen LogP contribution < -0.4 is 5.32 Å². The Balaban J connectivity index is 1.79. The lowest BCUT2D eigenvalue weighted by molar-refractivity contribution is 0.0599. The van der Waals surface area contributed by atoms with E-state index in [1.54, 1.807) is 6.07 Å². The highest BCUT2D eigenvalue weighted by Crippen LogP contribution is 2.28. The van der Waals surface area contributed by atoms with Crippen LogP contribution in [0.1, 0.15) is 43.7 Å². The molecule has 9 heteroatoms. The third-order valence-corrected chi connectivity index (χ3v) is 5.54. The molecule has 0 saturated carbocycles. The van der Waals surface area contributed by atoms with Gasteiger partial charge in [-0.3, -0.25) is 9.48 Å². The molecule has 2 aromatic heterocycles. The van der Waals surface area contributed by atoms with E-state index in [1.807, 2.05) is 49.0 Å². The zero-order valence-electron chi connectivity index (χ0n) is 19.8. The molecule has 1 amide bonds. The number of ether oxygens (including phenoxy) is 2. The van der Waals surface area contributed by atoms with Gasteiger partial charge in [-0.25, -0.2) is 14.6 Å². The van der Waals surface area contributed by atoms with Crippen LogP contribution in [-0.4, -0.2) is 46.8 Å². The Morgan fingerprint density at radius 3 is 2.23 bits per heavy atom. The average Bonchev–Trinajstić information content (AvgIpc) is 3.27. The zero-order chi connectivity index (χ0) is 25.1. The van der Waals surface area contributed by atoms with Crippen LogP contribution in [0.4, 0.5) is 5.69 Å². The van der Waals surface area contributed by atoms with Gasteiger partial charge in [-0.05, 0) is 44.2 Å². The standard InChI is InChI=1S/C26H24N4O5/c1-5-30-14-21(15(2)29-30)23-13-20(19-8-6-7-9-22(19)28-23)24(31)27-18-11-16(25(32)34-3)10-17(12-18)26(33)35-4/h6-14H,5H2,1-4H3,(H,27,31). The van der Waals surface area contributed by atoms with Crippen molar-refractivity contribution in [2.24, 2.45) is 0 Å². The normalized spacial score (nSPS) is 10.7. The van der Waals surface area contributed by atoms with E-state index in [9.17, 15) is 14.4 Å². The summed E-state index contributed by atoms with van der Waals surface area (Å²) in [5, 5.41) is 7.94. The van der Waals surface area contributed by atoms with Crippen molar-refractivity contribution in [2.45, 2.75) is 20.4 Å². The van der Waals surface area contributed by atoms with Gasteiger partial charge in [0.25, 0.3) is 5.91 Å². The van der Waals surface area contributed by atoms with E-state index in [2.05, 4.69) is 10.4 Å². The number of carbonyl (C=O) groups is 3. The molecule has 9 nitrogen and oxygen atoms in total. The first-order valence-electron chi connectivity index (χ1n) is 10.9. The van der Waals surface area contributed by atoms with Crippen molar-refractivity contribution in [3.05, 3.63) is 77.1 Å². The molecule has 4 aromatic rings. The largest absolute Gasteiger partial charge is 0.465 e. The number of anilines is 1.